The van der Waals surface area contributed by atoms with Gasteiger partial charge in [0.05, 0.1) is 14.8 Å². The summed E-state index contributed by atoms with van der Waals surface area (Å²) in [5.74, 6) is 0.415. The van der Waals surface area contributed by atoms with Crippen molar-refractivity contribution in [2.75, 3.05) is 0 Å². The molecule has 3 rings (SSSR count). The molecular weight excluding hydrogens is 362 g/mol. The molecule has 0 aliphatic carbocycles. The molecule has 0 spiro atoms. The SMILES string of the molecule is Cc1ccc(S(=O)(=O)c2nc(-c3cnc(C(C)(C)C)s3)ns2)cc1. The number of hydrogen-bond acceptors (Lipinski definition) is 7. The monoisotopic (exact) mass is 379 g/mol. The molecule has 8 heteroatoms. The molecule has 0 bridgehead atoms. The number of thiazole rings is 1. The van der Waals surface area contributed by atoms with Crippen molar-refractivity contribution in [3.8, 4) is 10.7 Å². The molecule has 0 saturated heterocycles. The zero-order chi connectivity index (χ0) is 17.5. The second kappa shape index (κ2) is 6.02. The molecule has 0 amide bonds. The van der Waals surface area contributed by atoms with Gasteiger partial charge >= 0.3 is 0 Å². The zero-order valence-corrected chi connectivity index (χ0v) is 16.2. The number of benzene rings is 1. The minimum atomic E-state index is -3.64. The highest BCUT2D eigenvalue weighted by atomic mass is 32.2. The highest BCUT2D eigenvalue weighted by Gasteiger charge is 2.25. The summed E-state index contributed by atoms with van der Waals surface area (Å²) >= 11 is 2.39. The third-order valence-corrected chi connectivity index (χ3v) is 7.59. The van der Waals surface area contributed by atoms with E-state index in [2.05, 4.69) is 35.1 Å². The van der Waals surface area contributed by atoms with Gasteiger partial charge in [-0.15, -0.1) is 11.3 Å². The van der Waals surface area contributed by atoms with Crippen LogP contribution in [0.4, 0.5) is 0 Å². The van der Waals surface area contributed by atoms with Gasteiger partial charge < -0.3 is 0 Å². The lowest BCUT2D eigenvalue weighted by Crippen LogP contribution is -2.09. The van der Waals surface area contributed by atoms with E-state index in [1.165, 1.54) is 11.3 Å². The number of sulfone groups is 1. The maximum atomic E-state index is 12.6. The van der Waals surface area contributed by atoms with Gasteiger partial charge in [0.25, 0.3) is 0 Å². The summed E-state index contributed by atoms with van der Waals surface area (Å²) in [6.45, 7) is 8.15. The van der Waals surface area contributed by atoms with E-state index in [1.54, 1.807) is 30.5 Å². The Morgan fingerprint density at radius 3 is 2.33 bits per heavy atom. The van der Waals surface area contributed by atoms with Crippen LogP contribution in [0.25, 0.3) is 10.7 Å². The molecule has 1 aromatic carbocycles. The Morgan fingerprint density at radius 2 is 1.75 bits per heavy atom. The van der Waals surface area contributed by atoms with Crippen molar-refractivity contribution in [3.05, 3.63) is 41.0 Å². The van der Waals surface area contributed by atoms with Gasteiger partial charge in [0.2, 0.25) is 14.2 Å². The summed E-state index contributed by atoms with van der Waals surface area (Å²) in [5, 5.41) is 0.968. The van der Waals surface area contributed by atoms with Crippen LogP contribution < -0.4 is 0 Å². The van der Waals surface area contributed by atoms with Crippen molar-refractivity contribution in [2.45, 2.75) is 42.3 Å². The van der Waals surface area contributed by atoms with Gasteiger partial charge in [0.1, 0.15) is 0 Å². The van der Waals surface area contributed by atoms with Crippen LogP contribution in [0, 0.1) is 6.92 Å². The Labute approximate surface area is 149 Å². The summed E-state index contributed by atoms with van der Waals surface area (Å²) < 4.78 is 29.5. The molecule has 0 aliphatic rings. The maximum absolute atomic E-state index is 12.6. The van der Waals surface area contributed by atoms with Crippen LogP contribution in [-0.4, -0.2) is 22.8 Å². The first-order valence-electron chi connectivity index (χ1n) is 7.30. The summed E-state index contributed by atoms with van der Waals surface area (Å²) in [7, 11) is -3.64. The topological polar surface area (TPSA) is 72.8 Å². The number of aromatic nitrogens is 3. The lowest BCUT2D eigenvalue weighted by Gasteiger charge is -2.13. The number of nitrogens with zero attached hydrogens (tertiary/aromatic N) is 3. The maximum Gasteiger partial charge on any atom is 0.235 e. The molecule has 0 atom stereocenters. The molecule has 0 aliphatic heterocycles. The predicted octanol–water partition coefficient (Wildman–Crippen LogP) is 4.10. The molecule has 0 unspecified atom stereocenters. The first kappa shape index (κ1) is 17.2. The van der Waals surface area contributed by atoms with Crippen molar-refractivity contribution in [1.82, 2.24) is 14.3 Å². The first-order chi connectivity index (χ1) is 11.2. The van der Waals surface area contributed by atoms with Crippen molar-refractivity contribution < 1.29 is 8.42 Å². The van der Waals surface area contributed by atoms with E-state index in [0.717, 1.165) is 27.0 Å². The molecule has 126 valence electrons. The fourth-order valence-corrected chi connectivity index (χ4v) is 5.05. The number of rotatable bonds is 3. The van der Waals surface area contributed by atoms with Crippen molar-refractivity contribution >= 4 is 32.7 Å². The highest BCUT2D eigenvalue weighted by Crippen LogP contribution is 2.33. The lowest BCUT2D eigenvalue weighted by molar-refractivity contribution is 0.585. The normalized spacial score (nSPS) is 12.5. The van der Waals surface area contributed by atoms with Crippen molar-refractivity contribution in [3.63, 3.8) is 0 Å². The standard InChI is InChI=1S/C16H17N3O2S3/c1-10-5-7-11(8-6-10)24(20,21)15-18-13(19-23-15)12-9-17-14(22-12)16(2,3)4/h5-9H,1-4H3. The second-order valence-corrected chi connectivity index (χ2v) is 10.4. The van der Waals surface area contributed by atoms with E-state index in [9.17, 15) is 8.42 Å². The average molecular weight is 380 g/mol. The summed E-state index contributed by atoms with van der Waals surface area (Å²) in [4.78, 5) is 9.64. The third-order valence-electron chi connectivity index (χ3n) is 3.34. The molecule has 2 heterocycles. The van der Waals surface area contributed by atoms with Gasteiger partial charge in [-0.1, -0.05) is 38.5 Å². The van der Waals surface area contributed by atoms with Gasteiger partial charge in [0.15, 0.2) is 5.82 Å². The quantitative estimate of drug-likeness (QED) is 0.685. The van der Waals surface area contributed by atoms with Gasteiger partial charge in [-0.05, 0) is 30.6 Å². The first-order valence-corrected chi connectivity index (χ1v) is 10.4. The lowest BCUT2D eigenvalue weighted by atomic mass is 9.98. The van der Waals surface area contributed by atoms with Crippen LogP contribution in [0.2, 0.25) is 0 Å². The van der Waals surface area contributed by atoms with Gasteiger partial charge in [-0.2, -0.15) is 4.37 Å². The average Bonchev–Trinajstić information content (AvgIpc) is 3.16. The molecule has 0 fully saturated rings. The van der Waals surface area contributed by atoms with E-state index in [0.29, 0.717) is 5.82 Å². The van der Waals surface area contributed by atoms with Crippen molar-refractivity contribution in [2.24, 2.45) is 0 Å². The van der Waals surface area contributed by atoms with Gasteiger partial charge in [0, 0.05) is 11.6 Å². The fraction of sp³-hybridized carbons (Fsp3) is 0.312. The van der Waals surface area contributed by atoms with E-state index in [-0.39, 0.29) is 14.7 Å². The second-order valence-electron chi connectivity index (χ2n) is 6.48. The Morgan fingerprint density at radius 1 is 1.08 bits per heavy atom. The molecule has 0 N–H and O–H groups in total. The summed E-state index contributed by atoms with van der Waals surface area (Å²) in [5.41, 5.74) is 0.946. The predicted molar refractivity (Wildman–Crippen MR) is 96.3 cm³/mol. The van der Waals surface area contributed by atoms with E-state index in [1.807, 2.05) is 6.92 Å². The van der Waals surface area contributed by atoms with Crippen LogP contribution >= 0.6 is 22.9 Å². The Balaban J connectivity index is 1.96. The van der Waals surface area contributed by atoms with Crippen LogP contribution in [0.1, 0.15) is 31.3 Å². The number of hydrogen-bond donors (Lipinski definition) is 0. The van der Waals surface area contributed by atoms with Crippen LogP contribution in [0.3, 0.4) is 0 Å². The van der Waals surface area contributed by atoms with Gasteiger partial charge in [-0.25, -0.2) is 18.4 Å². The highest BCUT2D eigenvalue weighted by molar-refractivity contribution is 7.93. The van der Waals surface area contributed by atoms with Crippen LogP contribution in [0.5, 0.6) is 0 Å². The largest absolute Gasteiger partial charge is 0.248 e. The fourth-order valence-electron chi connectivity index (χ4n) is 1.96. The minimum Gasteiger partial charge on any atom is -0.248 e. The van der Waals surface area contributed by atoms with Gasteiger partial charge in [-0.3, -0.25) is 0 Å². The molecule has 3 aromatic rings. The zero-order valence-electron chi connectivity index (χ0n) is 13.8. The Hall–Kier alpha value is -1.64. The minimum absolute atomic E-state index is 0.00654. The van der Waals surface area contributed by atoms with E-state index < -0.39 is 9.84 Å². The van der Waals surface area contributed by atoms with Crippen LogP contribution in [-0.2, 0) is 15.3 Å². The van der Waals surface area contributed by atoms with Crippen LogP contribution in [0.15, 0.2) is 39.7 Å². The summed E-state index contributed by atoms with van der Waals surface area (Å²) in [6.07, 6.45) is 1.70. The van der Waals surface area contributed by atoms with E-state index >= 15 is 0 Å². The van der Waals surface area contributed by atoms with Crippen molar-refractivity contribution in [1.29, 1.82) is 0 Å². The molecule has 5 nitrogen and oxygen atoms in total. The molecule has 24 heavy (non-hydrogen) atoms. The van der Waals surface area contributed by atoms with E-state index in [4.69, 9.17) is 0 Å². The summed E-state index contributed by atoms with van der Waals surface area (Å²) in [6, 6.07) is 6.73. The molecule has 2 aromatic heterocycles. The molecule has 0 saturated carbocycles. The smallest absolute Gasteiger partial charge is 0.235 e. The Kier molecular flexibility index (Phi) is 4.31. The number of aryl methyl sites for hydroxylation is 1. The molecular formula is C16H17N3O2S3. The Bertz CT molecular complexity index is 965. The molecule has 0 radical (unpaired) electrons. The third kappa shape index (κ3) is 3.26.